The molecule has 5 heteroatoms. The van der Waals surface area contributed by atoms with Gasteiger partial charge in [-0.05, 0) is 36.8 Å². The number of benzene rings is 1. The van der Waals surface area contributed by atoms with Crippen molar-refractivity contribution in [3.05, 3.63) is 59.9 Å². The lowest BCUT2D eigenvalue weighted by Crippen LogP contribution is -2.13. The van der Waals surface area contributed by atoms with Gasteiger partial charge in [-0.3, -0.25) is 9.78 Å². The third-order valence-electron chi connectivity index (χ3n) is 2.61. The van der Waals surface area contributed by atoms with Crippen molar-refractivity contribution < 1.29 is 10.0 Å². The summed E-state index contributed by atoms with van der Waals surface area (Å²) in [6.07, 6.45) is 1.57. The SMILES string of the molecule is C/C(=N\O)c1ccc(NC(=O)c2ccccn2)cc1. The summed E-state index contributed by atoms with van der Waals surface area (Å²) in [6, 6.07) is 12.2. The Morgan fingerprint density at radius 1 is 1.21 bits per heavy atom. The van der Waals surface area contributed by atoms with Crippen molar-refractivity contribution in [2.75, 3.05) is 5.32 Å². The highest BCUT2D eigenvalue weighted by atomic mass is 16.4. The number of anilines is 1. The zero-order valence-corrected chi connectivity index (χ0v) is 10.4. The third kappa shape index (κ3) is 3.16. The van der Waals surface area contributed by atoms with Gasteiger partial charge in [-0.2, -0.15) is 0 Å². The largest absolute Gasteiger partial charge is 0.411 e. The zero-order chi connectivity index (χ0) is 13.7. The maximum atomic E-state index is 11.9. The summed E-state index contributed by atoms with van der Waals surface area (Å²) in [5.41, 5.74) is 2.32. The Morgan fingerprint density at radius 2 is 1.95 bits per heavy atom. The second kappa shape index (κ2) is 5.77. The standard InChI is InChI=1S/C14H13N3O2/c1-10(17-19)11-5-7-12(8-6-11)16-14(18)13-4-2-3-9-15-13/h2-9,19H,1H3,(H,16,18)/b17-10+. The molecule has 1 amide bonds. The first kappa shape index (κ1) is 12.8. The van der Waals surface area contributed by atoms with Crippen molar-refractivity contribution in [2.24, 2.45) is 5.16 Å². The van der Waals surface area contributed by atoms with Crippen LogP contribution < -0.4 is 5.32 Å². The lowest BCUT2D eigenvalue weighted by molar-refractivity contribution is 0.102. The van der Waals surface area contributed by atoms with Crippen molar-refractivity contribution in [3.63, 3.8) is 0 Å². The topological polar surface area (TPSA) is 74.6 Å². The van der Waals surface area contributed by atoms with Gasteiger partial charge in [0.05, 0.1) is 5.71 Å². The molecule has 1 heterocycles. The van der Waals surface area contributed by atoms with E-state index in [0.717, 1.165) is 5.56 Å². The van der Waals surface area contributed by atoms with Crippen LogP contribution in [0, 0.1) is 0 Å². The van der Waals surface area contributed by atoms with E-state index >= 15 is 0 Å². The smallest absolute Gasteiger partial charge is 0.274 e. The summed E-state index contributed by atoms with van der Waals surface area (Å²) in [6.45, 7) is 1.70. The van der Waals surface area contributed by atoms with Crippen LogP contribution in [-0.4, -0.2) is 21.8 Å². The highest BCUT2D eigenvalue weighted by Crippen LogP contribution is 2.11. The number of carbonyl (C=O) groups is 1. The van der Waals surface area contributed by atoms with Crippen LogP contribution in [0.5, 0.6) is 0 Å². The van der Waals surface area contributed by atoms with Crippen LogP contribution in [0.2, 0.25) is 0 Å². The summed E-state index contributed by atoms with van der Waals surface area (Å²) >= 11 is 0. The summed E-state index contributed by atoms with van der Waals surface area (Å²) in [4.78, 5) is 15.8. The van der Waals surface area contributed by atoms with Gasteiger partial charge in [0.1, 0.15) is 5.69 Å². The second-order valence-electron chi connectivity index (χ2n) is 3.93. The van der Waals surface area contributed by atoms with E-state index < -0.39 is 0 Å². The number of amides is 1. The molecule has 96 valence electrons. The molecular formula is C14H13N3O2. The Balaban J connectivity index is 2.10. The second-order valence-corrected chi connectivity index (χ2v) is 3.93. The Hall–Kier alpha value is -2.69. The minimum absolute atomic E-state index is 0.263. The number of pyridine rings is 1. The number of carbonyl (C=O) groups excluding carboxylic acids is 1. The molecule has 0 aliphatic rings. The van der Waals surface area contributed by atoms with Gasteiger partial charge in [0.2, 0.25) is 0 Å². The number of nitrogens with one attached hydrogen (secondary N) is 1. The van der Waals surface area contributed by atoms with Gasteiger partial charge in [-0.15, -0.1) is 0 Å². The lowest BCUT2D eigenvalue weighted by atomic mass is 10.1. The van der Waals surface area contributed by atoms with Gasteiger partial charge in [0, 0.05) is 11.9 Å². The summed E-state index contributed by atoms with van der Waals surface area (Å²) in [5.74, 6) is -0.263. The summed E-state index contributed by atoms with van der Waals surface area (Å²) in [5, 5.41) is 14.5. The number of nitrogens with zero attached hydrogens (tertiary/aromatic N) is 2. The van der Waals surface area contributed by atoms with Gasteiger partial charge < -0.3 is 10.5 Å². The fourth-order valence-corrected chi connectivity index (χ4v) is 1.54. The molecule has 0 unspecified atom stereocenters. The molecule has 5 nitrogen and oxygen atoms in total. The molecule has 0 spiro atoms. The molecule has 2 aromatic rings. The molecule has 0 radical (unpaired) electrons. The summed E-state index contributed by atoms with van der Waals surface area (Å²) in [7, 11) is 0. The number of oxime groups is 1. The predicted molar refractivity (Wildman–Crippen MR) is 72.6 cm³/mol. The van der Waals surface area contributed by atoms with Crippen LogP contribution in [0.4, 0.5) is 5.69 Å². The van der Waals surface area contributed by atoms with Crippen LogP contribution in [-0.2, 0) is 0 Å². The van der Waals surface area contributed by atoms with Crippen LogP contribution >= 0.6 is 0 Å². The number of aromatic nitrogens is 1. The minimum atomic E-state index is -0.263. The first-order valence-electron chi connectivity index (χ1n) is 5.72. The van der Waals surface area contributed by atoms with Gasteiger partial charge in [-0.1, -0.05) is 23.4 Å². The fraction of sp³-hybridized carbons (Fsp3) is 0.0714. The molecule has 2 rings (SSSR count). The van der Waals surface area contributed by atoms with E-state index in [0.29, 0.717) is 17.1 Å². The first-order valence-corrected chi connectivity index (χ1v) is 5.72. The molecule has 0 aliphatic carbocycles. The van der Waals surface area contributed by atoms with Crippen molar-refractivity contribution >= 4 is 17.3 Å². The van der Waals surface area contributed by atoms with Gasteiger partial charge in [0.25, 0.3) is 5.91 Å². The first-order chi connectivity index (χ1) is 9.20. The molecule has 1 aromatic heterocycles. The molecule has 19 heavy (non-hydrogen) atoms. The fourth-order valence-electron chi connectivity index (χ4n) is 1.54. The molecule has 2 N–H and O–H groups in total. The monoisotopic (exact) mass is 255 g/mol. The van der Waals surface area contributed by atoms with Crippen LogP contribution in [0.1, 0.15) is 23.0 Å². The lowest BCUT2D eigenvalue weighted by Gasteiger charge is -2.05. The predicted octanol–water partition coefficient (Wildman–Crippen LogP) is 2.53. The van der Waals surface area contributed by atoms with E-state index in [1.807, 2.05) is 0 Å². The molecule has 0 fully saturated rings. The number of hydrogen-bond acceptors (Lipinski definition) is 4. The van der Waals surface area contributed by atoms with E-state index in [4.69, 9.17) is 5.21 Å². The van der Waals surface area contributed by atoms with Gasteiger partial charge >= 0.3 is 0 Å². The highest BCUT2D eigenvalue weighted by Gasteiger charge is 2.06. The average Bonchev–Trinajstić information content (AvgIpc) is 2.48. The van der Waals surface area contributed by atoms with E-state index in [-0.39, 0.29) is 5.91 Å². The quantitative estimate of drug-likeness (QED) is 0.502. The third-order valence-corrected chi connectivity index (χ3v) is 2.61. The van der Waals surface area contributed by atoms with Crippen LogP contribution in [0.15, 0.2) is 53.8 Å². The van der Waals surface area contributed by atoms with Crippen molar-refractivity contribution in [1.82, 2.24) is 4.98 Å². The minimum Gasteiger partial charge on any atom is -0.411 e. The molecule has 0 atom stereocenters. The molecule has 0 saturated carbocycles. The zero-order valence-electron chi connectivity index (χ0n) is 10.4. The van der Waals surface area contributed by atoms with Crippen molar-refractivity contribution in [3.8, 4) is 0 Å². The van der Waals surface area contributed by atoms with Crippen molar-refractivity contribution in [2.45, 2.75) is 6.92 Å². The Labute approximate surface area is 110 Å². The molecular weight excluding hydrogens is 242 g/mol. The average molecular weight is 255 g/mol. The van der Waals surface area contributed by atoms with Crippen LogP contribution in [0.3, 0.4) is 0 Å². The summed E-state index contributed by atoms with van der Waals surface area (Å²) < 4.78 is 0. The number of hydrogen-bond donors (Lipinski definition) is 2. The molecule has 0 saturated heterocycles. The van der Waals surface area contributed by atoms with Crippen molar-refractivity contribution in [1.29, 1.82) is 0 Å². The highest BCUT2D eigenvalue weighted by molar-refractivity contribution is 6.03. The Bertz CT molecular complexity index is 592. The van der Waals surface area contributed by atoms with Gasteiger partial charge in [0.15, 0.2) is 0 Å². The van der Waals surface area contributed by atoms with E-state index in [1.165, 1.54) is 0 Å². The Kier molecular flexibility index (Phi) is 3.87. The van der Waals surface area contributed by atoms with E-state index in [2.05, 4.69) is 15.5 Å². The maximum Gasteiger partial charge on any atom is 0.274 e. The van der Waals surface area contributed by atoms with E-state index in [9.17, 15) is 4.79 Å². The van der Waals surface area contributed by atoms with E-state index in [1.54, 1.807) is 55.6 Å². The Morgan fingerprint density at radius 3 is 2.53 bits per heavy atom. The van der Waals surface area contributed by atoms with Gasteiger partial charge in [-0.25, -0.2) is 0 Å². The maximum absolute atomic E-state index is 11.9. The molecule has 0 aliphatic heterocycles. The molecule has 0 bridgehead atoms. The molecule has 1 aromatic carbocycles. The van der Waals surface area contributed by atoms with Crippen LogP contribution in [0.25, 0.3) is 0 Å². The normalized spacial score (nSPS) is 11.1. The number of rotatable bonds is 3.